The van der Waals surface area contributed by atoms with Gasteiger partial charge in [-0.2, -0.15) is 5.10 Å². The van der Waals surface area contributed by atoms with Crippen LogP contribution in [0.15, 0.2) is 12.3 Å². The van der Waals surface area contributed by atoms with Crippen LogP contribution in [0.5, 0.6) is 0 Å². The highest BCUT2D eigenvalue weighted by atomic mass is 15.1. The van der Waals surface area contributed by atoms with Crippen molar-refractivity contribution in [1.82, 2.24) is 20.4 Å². The van der Waals surface area contributed by atoms with E-state index in [1.807, 2.05) is 12.3 Å². The van der Waals surface area contributed by atoms with E-state index in [2.05, 4.69) is 27.5 Å². The molecule has 15 heavy (non-hydrogen) atoms. The van der Waals surface area contributed by atoms with Crippen LogP contribution >= 0.6 is 0 Å². The number of nitrogens with one attached hydrogen (secondary N) is 2. The van der Waals surface area contributed by atoms with Crippen molar-refractivity contribution in [2.75, 3.05) is 26.7 Å². The molecule has 84 valence electrons. The molecular formula is C11H20N4. The summed E-state index contributed by atoms with van der Waals surface area (Å²) in [5.74, 6) is 0. The SMILES string of the molecule is CN(CCNC1CC1)CCc1ccn[nH]1. The van der Waals surface area contributed by atoms with Crippen molar-refractivity contribution in [2.24, 2.45) is 0 Å². The van der Waals surface area contributed by atoms with E-state index in [1.54, 1.807) is 0 Å². The average Bonchev–Trinajstić information content (AvgIpc) is 2.91. The predicted octanol–water partition coefficient (Wildman–Crippen LogP) is 0.636. The molecule has 0 aliphatic heterocycles. The summed E-state index contributed by atoms with van der Waals surface area (Å²) in [7, 11) is 2.17. The first kappa shape index (κ1) is 10.6. The van der Waals surface area contributed by atoms with E-state index in [9.17, 15) is 0 Å². The highest BCUT2D eigenvalue weighted by Crippen LogP contribution is 2.17. The molecule has 1 aromatic heterocycles. The second kappa shape index (κ2) is 5.28. The molecule has 1 heterocycles. The van der Waals surface area contributed by atoms with E-state index in [-0.39, 0.29) is 0 Å². The summed E-state index contributed by atoms with van der Waals surface area (Å²) in [6.45, 7) is 3.34. The Morgan fingerprint density at radius 1 is 1.53 bits per heavy atom. The minimum atomic E-state index is 0.825. The second-order valence-corrected chi connectivity index (χ2v) is 4.36. The monoisotopic (exact) mass is 208 g/mol. The maximum absolute atomic E-state index is 3.94. The molecule has 2 N–H and O–H groups in total. The lowest BCUT2D eigenvalue weighted by Gasteiger charge is -2.16. The van der Waals surface area contributed by atoms with Crippen LogP contribution in [0.2, 0.25) is 0 Å². The van der Waals surface area contributed by atoms with Gasteiger partial charge in [-0.25, -0.2) is 0 Å². The third-order valence-corrected chi connectivity index (χ3v) is 2.83. The van der Waals surface area contributed by atoms with Crippen molar-refractivity contribution in [2.45, 2.75) is 25.3 Å². The Labute approximate surface area is 91.1 Å². The number of likely N-dealkylation sites (N-methyl/N-ethyl adjacent to an activating group) is 1. The molecule has 0 aromatic carbocycles. The lowest BCUT2D eigenvalue weighted by Crippen LogP contribution is -2.31. The second-order valence-electron chi connectivity index (χ2n) is 4.36. The molecule has 1 saturated carbocycles. The summed E-state index contributed by atoms with van der Waals surface area (Å²) in [6.07, 6.45) is 5.61. The third-order valence-electron chi connectivity index (χ3n) is 2.83. The number of hydrogen-bond acceptors (Lipinski definition) is 3. The summed E-state index contributed by atoms with van der Waals surface area (Å²) < 4.78 is 0. The Hall–Kier alpha value is -0.870. The van der Waals surface area contributed by atoms with E-state index in [1.165, 1.54) is 18.5 Å². The van der Waals surface area contributed by atoms with Crippen molar-refractivity contribution in [1.29, 1.82) is 0 Å². The summed E-state index contributed by atoms with van der Waals surface area (Å²) in [5, 5.41) is 10.4. The molecule has 4 nitrogen and oxygen atoms in total. The molecule has 4 heteroatoms. The normalized spacial score (nSPS) is 16.1. The van der Waals surface area contributed by atoms with Crippen LogP contribution in [0.3, 0.4) is 0 Å². The molecule has 0 atom stereocenters. The van der Waals surface area contributed by atoms with Gasteiger partial charge in [0.1, 0.15) is 0 Å². The van der Waals surface area contributed by atoms with Gasteiger partial charge in [0.2, 0.25) is 0 Å². The molecule has 1 fully saturated rings. The molecule has 0 amide bonds. The largest absolute Gasteiger partial charge is 0.313 e. The maximum atomic E-state index is 3.94. The Morgan fingerprint density at radius 2 is 2.40 bits per heavy atom. The zero-order valence-electron chi connectivity index (χ0n) is 9.37. The van der Waals surface area contributed by atoms with Crippen LogP contribution in [0.4, 0.5) is 0 Å². The Balaban J connectivity index is 1.53. The molecule has 1 aromatic rings. The Bertz CT molecular complexity index is 266. The lowest BCUT2D eigenvalue weighted by molar-refractivity contribution is 0.334. The van der Waals surface area contributed by atoms with Gasteiger partial charge in [-0.05, 0) is 26.0 Å². The van der Waals surface area contributed by atoms with Gasteiger partial charge in [-0.15, -0.1) is 0 Å². The fraction of sp³-hybridized carbons (Fsp3) is 0.727. The summed E-state index contributed by atoms with van der Waals surface area (Å²) >= 11 is 0. The van der Waals surface area contributed by atoms with Gasteiger partial charge in [-0.3, -0.25) is 5.10 Å². The predicted molar refractivity (Wildman–Crippen MR) is 60.8 cm³/mol. The van der Waals surface area contributed by atoms with Crippen LogP contribution in [-0.2, 0) is 6.42 Å². The zero-order chi connectivity index (χ0) is 10.5. The topological polar surface area (TPSA) is 44.0 Å². The molecular weight excluding hydrogens is 188 g/mol. The number of aromatic amines is 1. The molecule has 1 aliphatic rings. The smallest absolute Gasteiger partial charge is 0.0490 e. The van der Waals surface area contributed by atoms with Crippen molar-refractivity contribution >= 4 is 0 Å². The van der Waals surface area contributed by atoms with E-state index >= 15 is 0 Å². The molecule has 0 bridgehead atoms. The van der Waals surface area contributed by atoms with Crippen molar-refractivity contribution in [3.8, 4) is 0 Å². The van der Waals surface area contributed by atoms with Crippen LogP contribution in [0.1, 0.15) is 18.5 Å². The number of nitrogens with zero attached hydrogens (tertiary/aromatic N) is 2. The van der Waals surface area contributed by atoms with Gasteiger partial charge in [0, 0.05) is 44.0 Å². The third kappa shape index (κ3) is 4.01. The van der Waals surface area contributed by atoms with Crippen LogP contribution in [0.25, 0.3) is 0 Å². The van der Waals surface area contributed by atoms with E-state index < -0.39 is 0 Å². The van der Waals surface area contributed by atoms with Crippen molar-refractivity contribution < 1.29 is 0 Å². The van der Waals surface area contributed by atoms with Crippen LogP contribution in [-0.4, -0.2) is 47.8 Å². The fourth-order valence-electron chi connectivity index (χ4n) is 1.59. The van der Waals surface area contributed by atoms with Crippen LogP contribution in [0, 0.1) is 0 Å². The lowest BCUT2D eigenvalue weighted by atomic mass is 10.3. The molecule has 2 rings (SSSR count). The van der Waals surface area contributed by atoms with Crippen LogP contribution < -0.4 is 5.32 Å². The number of rotatable bonds is 7. The summed E-state index contributed by atoms with van der Waals surface area (Å²) in [5.41, 5.74) is 1.22. The molecule has 1 aliphatic carbocycles. The first-order valence-electron chi connectivity index (χ1n) is 5.75. The summed E-state index contributed by atoms with van der Waals surface area (Å²) in [6, 6.07) is 2.86. The number of hydrogen-bond donors (Lipinski definition) is 2. The standard InChI is InChI=1S/C11H20N4/c1-15(9-7-12-10-2-3-10)8-5-11-4-6-13-14-11/h4,6,10,12H,2-3,5,7-9H2,1H3,(H,13,14). The zero-order valence-corrected chi connectivity index (χ0v) is 9.37. The fourth-order valence-corrected chi connectivity index (χ4v) is 1.59. The highest BCUT2D eigenvalue weighted by molar-refractivity contribution is 4.97. The van der Waals surface area contributed by atoms with E-state index in [0.29, 0.717) is 0 Å². The number of H-pyrrole nitrogens is 1. The first-order valence-corrected chi connectivity index (χ1v) is 5.75. The Morgan fingerprint density at radius 3 is 3.07 bits per heavy atom. The van der Waals surface area contributed by atoms with Crippen molar-refractivity contribution in [3.05, 3.63) is 18.0 Å². The molecule has 0 radical (unpaired) electrons. The van der Waals surface area contributed by atoms with Gasteiger partial charge < -0.3 is 10.2 Å². The molecule has 0 unspecified atom stereocenters. The minimum absolute atomic E-state index is 0.825. The minimum Gasteiger partial charge on any atom is -0.313 e. The maximum Gasteiger partial charge on any atom is 0.0490 e. The van der Waals surface area contributed by atoms with Gasteiger partial charge in [0.25, 0.3) is 0 Å². The number of aromatic nitrogens is 2. The quantitative estimate of drug-likeness (QED) is 0.691. The summed E-state index contributed by atoms with van der Waals surface area (Å²) in [4.78, 5) is 2.36. The highest BCUT2D eigenvalue weighted by Gasteiger charge is 2.19. The van der Waals surface area contributed by atoms with Crippen molar-refractivity contribution in [3.63, 3.8) is 0 Å². The van der Waals surface area contributed by atoms with Gasteiger partial charge in [0.15, 0.2) is 0 Å². The van der Waals surface area contributed by atoms with Gasteiger partial charge >= 0.3 is 0 Å². The van der Waals surface area contributed by atoms with Gasteiger partial charge in [-0.1, -0.05) is 0 Å². The Kier molecular flexibility index (Phi) is 3.75. The van der Waals surface area contributed by atoms with Gasteiger partial charge in [0.05, 0.1) is 0 Å². The molecule has 0 spiro atoms. The van der Waals surface area contributed by atoms with E-state index in [4.69, 9.17) is 0 Å². The average molecular weight is 208 g/mol. The van der Waals surface area contributed by atoms with E-state index in [0.717, 1.165) is 32.1 Å². The molecule has 0 saturated heterocycles. The first-order chi connectivity index (χ1) is 7.34.